The SMILES string of the molecule is Cc1ccc(C)c(C(=O)CN(CCO)CCO)c1. The molecule has 0 saturated carbocycles. The van der Waals surface area contributed by atoms with E-state index < -0.39 is 0 Å². The summed E-state index contributed by atoms with van der Waals surface area (Å²) in [7, 11) is 0. The fourth-order valence-electron chi connectivity index (χ4n) is 1.88. The second-order valence-corrected chi connectivity index (χ2v) is 4.46. The highest BCUT2D eigenvalue weighted by atomic mass is 16.3. The van der Waals surface area contributed by atoms with Gasteiger partial charge in [0, 0.05) is 18.7 Å². The second kappa shape index (κ2) is 7.26. The molecule has 0 aliphatic rings. The Morgan fingerprint density at radius 2 is 1.78 bits per heavy atom. The largest absolute Gasteiger partial charge is 0.395 e. The van der Waals surface area contributed by atoms with Gasteiger partial charge in [-0.3, -0.25) is 9.69 Å². The second-order valence-electron chi connectivity index (χ2n) is 4.46. The summed E-state index contributed by atoms with van der Waals surface area (Å²) >= 11 is 0. The third kappa shape index (κ3) is 4.22. The monoisotopic (exact) mass is 251 g/mol. The zero-order valence-electron chi connectivity index (χ0n) is 11.0. The first-order chi connectivity index (χ1) is 8.58. The topological polar surface area (TPSA) is 60.8 Å². The number of Topliss-reactive ketones (excluding diaryl/α,β-unsaturated/α-hetero) is 1. The summed E-state index contributed by atoms with van der Waals surface area (Å²) in [5.74, 6) is 0.0260. The van der Waals surface area contributed by atoms with Crippen LogP contribution in [0, 0.1) is 13.8 Å². The predicted octanol–water partition coefficient (Wildman–Crippen LogP) is 0.773. The van der Waals surface area contributed by atoms with Crippen molar-refractivity contribution in [3.05, 3.63) is 34.9 Å². The molecule has 100 valence electrons. The van der Waals surface area contributed by atoms with Gasteiger partial charge < -0.3 is 10.2 Å². The van der Waals surface area contributed by atoms with Crippen molar-refractivity contribution < 1.29 is 15.0 Å². The molecule has 0 unspecified atom stereocenters. The summed E-state index contributed by atoms with van der Waals surface area (Å²) in [5, 5.41) is 17.8. The highest BCUT2D eigenvalue weighted by Gasteiger charge is 2.13. The number of hydrogen-bond donors (Lipinski definition) is 2. The number of ketones is 1. The number of carbonyl (C=O) groups is 1. The van der Waals surface area contributed by atoms with Crippen LogP contribution in [0.5, 0.6) is 0 Å². The van der Waals surface area contributed by atoms with Gasteiger partial charge in [-0.15, -0.1) is 0 Å². The number of aliphatic hydroxyl groups excluding tert-OH is 2. The minimum Gasteiger partial charge on any atom is -0.395 e. The van der Waals surface area contributed by atoms with E-state index in [9.17, 15) is 4.79 Å². The Morgan fingerprint density at radius 1 is 1.17 bits per heavy atom. The number of nitrogens with zero attached hydrogens (tertiary/aromatic N) is 1. The molecule has 0 aromatic heterocycles. The lowest BCUT2D eigenvalue weighted by Gasteiger charge is -2.19. The van der Waals surface area contributed by atoms with E-state index in [1.54, 1.807) is 4.90 Å². The van der Waals surface area contributed by atoms with Crippen LogP contribution in [-0.4, -0.2) is 53.7 Å². The summed E-state index contributed by atoms with van der Waals surface area (Å²) in [5.41, 5.74) is 2.73. The molecule has 0 spiro atoms. The van der Waals surface area contributed by atoms with E-state index in [2.05, 4.69) is 0 Å². The molecular weight excluding hydrogens is 230 g/mol. The van der Waals surface area contributed by atoms with Crippen LogP contribution in [0.3, 0.4) is 0 Å². The van der Waals surface area contributed by atoms with Crippen molar-refractivity contribution >= 4 is 5.78 Å². The Bertz CT molecular complexity index is 398. The normalized spacial score (nSPS) is 10.9. The van der Waals surface area contributed by atoms with Crippen molar-refractivity contribution in [2.45, 2.75) is 13.8 Å². The molecule has 0 aliphatic heterocycles. The van der Waals surface area contributed by atoms with Gasteiger partial charge in [0.1, 0.15) is 0 Å². The summed E-state index contributed by atoms with van der Waals surface area (Å²) in [4.78, 5) is 13.9. The molecule has 0 saturated heterocycles. The molecule has 4 nitrogen and oxygen atoms in total. The molecule has 0 fully saturated rings. The first-order valence-corrected chi connectivity index (χ1v) is 6.13. The molecular formula is C14H21NO3. The molecule has 0 aliphatic carbocycles. The molecule has 1 aromatic rings. The Labute approximate surface area is 108 Å². The van der Waals surface area contributed by atoms with Crippen molar-refractivity contribution in [3.63, 3.8) is 0 Å². The maximum Gasteiger partial charge on any atom is 0.177 e. The standard InChI is InChI=1S/C14H21NO3/c1-11-3-4-12(2)13(9-11)14(18)10-15(5-7-16)6-8-17/h3-4,9,16-17H,5-8,10H2,1-2H3. The van der Waals surface area contributed by atoms with Gasteiger partial charge in [0.25, 0.3) is 0 Å². The van der Waals surface area contributed by atoms with Crippen molar-refractivity contribution in [3.8, 4) is 0 Å². The Morgan fingerprint density at radius 3 is 2.33 bits per heavy atom. The fraction of sp³-hybridized carbons (Fsp3) is 0.500. The molecule has 0 amide bonds. The van der Waals surface area contributed by atoms with Gasteiger partial charge >= 0.3 is 0 Å². The minimum absolute atomic E-state index is 0.0138. The van der Waals surface area contributed by atoms with Crippen LogP contribution in [0.15, 0.2) is 18.2 Å². The van der Waals surface area contributed by atoms with Crippen LogP contribution in [-0.2, 0) is 0 Å². The summed E-state index contributed by atoms with van der Waals surface area (Å²) in [6, 6.07) is 5.80. The molecule has 18 heavy (non-hydrogen) atoms. The van der Waals surface area contributed by atoms with Crippen LogP contribution >= 0.6 is 0 Å². The lowest BCUT2D eigenvalue weighted by Crippen LogP contribution is -2.34. The molecule has 0 atom stereocenters. The average molecular weight is 251 g/mol. The van der Waals surface area contributed by atoms with E-state index >= 15 is 0 Å². The van der Waals surface area contributed by atoms with Crippen LogP contribution < -0.4 is 0 Å². The van der Waals surface area contributed by atoms with Crippen LogP contribution in [0.1, 0.15) is 21.5 Å². The van der Waals surface area contributed by atoms with Gasteiger partial charge in [0.05, 0.1) is 19.8 Å². The number of aryl methyl sites for hydroxylation is 2. The van der Waals surface area contributed by atoms with E-state index in [1.807, 2.05) is 32.0 Å². The minimum atomic E-state index is -0.0138. The van der Waals surface area contributed by atoms with Crippen molar-refractivity contribution in [2.24, 2.45) is 0 Å². The Hall–Kier alpha value is -1.23. The van der Waals surface area contributed by atoms with Crippen LogP contribution in [0.2, 0.25) is 0 Å². The third-order valence-corrected chi connectivity index (χ3v) is 2.89. The summed E-state index contributed by atoms with van der Waals surface area (Å²) in [6.07, 6.45) is 0. The molecule has 1 rings (SSSR count). The van der Waals surface area contributed by atoms with Gasteiger partial charge in [-0.1, -0.05) is 17.7 Å². The molecule has 2 N–H and O–H groups in total. The first kappa shape index (κ1) is 14.8. The lowest BCUT2D eigenvalue weighted by molar-refractivity contribution is 0.0893. The lowest BCUT2D eigenvalue weighted by atomic mass is 10.0. The van der Waals surface area contributed by atoms with Gasteiger partial charge in [-0.25, -0.2) is 0 Å². The van der Waals surface area contributed by atoms with Gasteiger partial charge in [0.2, 0.25) is 0 Å². The van der Waals surface area contributed by atoms with Gasteiger partial charge in [-0.2, -0.15) is 0 Å². The van der Waals surface area contributed by atoms with E-state index in [4.69, 9.17) is 10.2 Å². The number of aliphatic hydroxyl groups is 2. The van der Waals surface area contributed by atoms with Gasteiger partial charge in [-0.05, 0) is 25.5 Å². The quantitative estimate of drug-likeness (QED) is 0.703. The Kier molecular flexibility index (Phi) is 5.98. The van der Waals surface area contributed by atoms with Crippen molar-refractivity contribution in [1.29, 1.82) is 0 Å². The third-order valence-electron chi connectivity index (χ3n) is 2.89. The molecule has 0 bridgehead atoms. The average Bonchev–Trinajstić information content (AvgIpc) is 2.33. The summed E-state index contributed by atoms with van der Waals surface area (Å²) < 4.78 is 0. The number of rotatable bonds is 7. The highest BCUT2D eigenvalue weighted by Crippen LogP contribution is 2.12. The molecule has 4 heteroatoms. The highest BCUT2D eigenvalue weighted by molar-refractivity contribution is 5.99. The zero-order chi connectivity index (χ0) is 13.5. The molecule has 0 heterocycles. The van der Waals surface area contributed by atoms with E-state index in [0.717, 1.165) is 16.7 Å². The van der Waals surface area contributed by atoms with Crippen LogP contribution in [0.25, 0.3) is 0 Å². The zero-order valence-corrected chi connectivity index (χ0v) is 11.0. The first-order valence-electron chi connectivity index (χ1n) is 6.13. The van der Waals surface area contributed by atoms with Crippen molar-refractivity contribution in [2.75, 3.05) is 32.8 Å². The van der Waals surface area contributed by atoms with E-state index in [-0.39, 0.29) is 25.5 Å². The fourth-order valence-corrected chi connectivity index (χ4v) is 1.88. The van der Waals surface area contributed by atoms with E-state index in [1.165, 1.54) is 0 Å². The molecule has 1 aromatic carbocycles. The maximum atomic E-state index is 12.2. The number of carbonyl (C=O) groups excluding carboxylic acids is 1. The maximum absolute atomic E-state index is 12.2. The smallest absolute Gasteiger partial charge is 0.177 e. The Balaban J connectivity index is 2.76. The predicted molar refractivity (Wildman–Crippen MR) is 70.9 cm³/mol. The number of benzene rings is 1. The van der Waals surface area contributed by atoms with E-state index in [0.29, 0.717) is 13.1 Å². The molecule has 0 radical (unpaired) electrons. The van der Waals surface area contributed by atoms with Crippen LogP contribution in [0.4, 0.5) is 0 Å². The number of hydrogen-bond acceptors (Lipinski definition) is 4. The summed E-state index contributed by atoms with van der Waals surface area (Å²) in [6.45, 7) is 4.87. The van der Waals surface area contributed by atoms with Crippen molar-refractivity contribution in [1.82, 2.24) is 4.90 Å². The van der Waals surface area contributed by atoms with Gasteiger partial charge in [0.15, 0.2) is 5.78 Å².